The van der Waals surface area contributed by atoms with Crippen LogP contribution in [0.15, 0.2) is 24.3 Å². The number of carboxylic acids is 1. The van der Waals surface area contributed by atoms with Crippen LogP contribution in [0.1, 0.15) is 24.8 Å². The van der Waals surface area contributed by atoms with Gasteiger partial charge in [-0.15, -0.1) is 0 Å². The van der Waals surface area contributed by atoms with E-state index in [1.165, 1.54) is 4.90 Å². The Morgan fingerprint density at radius 3 is 2.54 bits per heavy atom. The van der Waals surface area contributed by atoms with Crippen LogP contribution in [0.25, 0.3) is 0 Å². The van der Waals surface area contributed by atoms with Gasteiger partial charge in [-0.05, 0) is 30.5 Å². The summed E-state index contributed by atoms with van der Waals surface area (Å²) in [5.41, 5.74) is 1.82. The number of nitrogens with one attached hydrogen (secondary N) is 1. The number of amides is 3. The van der Waals surface area contributed by atoms with E-state index in [0.717, 1.165) is 24.2 Å². The fourth-order valence-electron chi connectivity index (χ4n) is 3.15. The number of carbonyl (C=O) groups excluding carboxylic acids is 2. The first-order valence-corrected chi connectivity index (χ1v) is 8.19. The molecule has 0 bridgehead atoms. The maximum absolute atomic E-state index is 12.1. The van der Waals surface area contributed by atoms with Crippen molar-refractivity contribution < 1.29 is 19.5 Å². The van der Waals surface area contributed by atoms with Crippen LogP contribution in [-0.4, -0.2) is 47.5 Å². The summed E-state index contributed by atoms with van der Waals surface area (Å²) in [7, 11) is 0. The van der Waals surface area contributed by atoms with E-state index < -0.39 is 11.9 Å². The Labute approximate surface area is 140 Å². The van der Waals surface area contributed by atoms with Gasteiger partial charge in [0, 0.05) is 38.3 Å². The Morgan fingerprint density at radius 1 is 1.21 bits per heavy atom. The molecule has 7 nitrogen and oxygen atoms in total. The van der Waals surface area contributed by atoms with Crippen LogP contribution in [0.5, 0.6) is 0 Å². The molecule has 2 aliphatic heterocycles. The van der Waals surface area contributed by atoms with E-state index in [9.17, 15) is 14.4 Å². The maximum atomic E-state index is 12.1. The minimum atomic E-state index is -0.850. The van der Waals surface area contributed by atoms with Gasteiger partial charge in [-0.25, -0.2) is 4.79 Å². The number of likely N-dealkylation sites (tertiary alicyclic amines) is 1. The Hall–Kier alpha value is -2.57. The van der Waals surface area contributed by atoms with Crippen molar-refractivity contribution in [3.63, 3.8) is 0 Å². The van der Waals surface area contributed by atoms with Gasteiger partial charge < -0.3 is 20.2 Å². The molecule has 2 saturated heterocycles. The number of carbonyl (C=O) groups is 3. The zero-order chi connectivity index (χ0) is 17.1. The average Bonchev–Trinajstić information content (AvgIpc) is 3.22. The first-order valence-electron chi connectivity index (χ1n) is 8.19. The number of benzene rings is 1. The van der Waals surface area contributed by atoms with Crippen LogP contribution in [0, 0.1) is 5.92 Å². The molecule has 0 aliphatic carbocycles. The van der Waals surface area contributed by atoms with Gasteiger partial charge in [-0.1, -0.05) is 12.1 Å². The zero-order valence-corrected chi connectivity index (χ0v) is 13.4. The third kappa shape index (κ3) is 3.50. The van der Waals surface area contributed by atoms with Crippen LogP contribution in [0.2, 0.25) is 0 Å². The molecule has 2 N–H and O–H groups in total. The second kappa shape index (κ2) is 6.90. The molecule has 0 saturated carbocycles. The van der Waals surface area contributed by atoms with Crippen LogP contribution in [0.4, 0.5) is 10.5 Å². The van der Waals surface area contributed by atoms with Crippen LogP contribution in [0.3, 0.4) is 0 Å². The molecule has 1 unspecified atom stereocenters. The number of rotatable bonds is 4. The van der Waals surface area contributed by atoms with E-state index in [2.05, 4.69) is 5.32 Å². The van der Waals surface area contributed by atoms with Crippen molar-refractivity contribution in [3.8, 4) is 0 Å². The molecule has 1 atom stereocenters. The molecule has 2 heterocycles. The highest BCUT2D eigenvalue weighted by Gasteiger charge is 2.30. The summed E-state index contributed by atoms with van der Waals surface area (Å²) in [6, 6.07) is 7.33. The molecule has 0 radical (unpaired) electrons. The van der Waals surface area contributed by atoms with Gasteiger partial charge in [0.1, 0.15) is 0 Å². The Kier molecular flexibility index (Phi) is 4.69. The number of nitrogens with zero attached hydrogens (tertiary/aromatic N) is 2. The third-order valence-corrected chi connectivity index (χ3v) is 4.59. The van der Waals surface area contributed by atoms with Crippen molar-refractivity contribution in [1.82, 2.24) is 10.2 Å². The zero-order valence-electron chi connectivity index (χ0n) is 13.4. The molecule has 128 valence electrons. The van der Waals surface area contributed by atoms with E-state index in [4.69, 9.17) is 5.11 Å². The second-order valence-corrected chi connectivity index (χ2v) is 6.24. The Morgan fingerprint density at radius 2 is 1.96 bits per heavy atom. The number of urea groups is 1. The van der Waals surface area contributed by atoms with Crippen molar-refractivity contribution >= 4 is 23.6 Å². The summed E-state index contributed by atoms with van der Waals surface area (Å²) in [5, 5.41) is 11.8. The molecule has 0 aromatic heterocycles. The first kappa shape index (κ1) is 16.3. The van der Waals surface area contributed by atoms with E-state index in [-0.39, 0.29) is 18.5 Å². The van der Waals surface area contributed by atoms with Crippen molar-refractivity contribution in [2.45, 2.75) is 25.8 Å². The molecule has 2 aliphatic rings. The van der Waals surface area contributed by atoms with Crippen LogP contribution < -0.4 is 10.2 Å². The second-order valence-electron chi connectivity index (χ2n) is 6.24. The molecular formula is C17H21N3O4. The monoisotopic (exact) mass is 331 g/mol. The summed E-state index contributed by atoms with van der Waals surface area (Å²) in [6.07, 6.45) is 2.00. The summed E-state index contributed by atoms with van der Waals surface area (Å²) < 4.78 is 0. The lowest BCUT2D eigenvalue weighted by Gasteiger charge is -2.18. The summed E-state index contributed by atoms with van der Waals surface area (Å²) in [4.78, 5) is 38.0. The van der Waals surface area contributed by atoms with Crippen molar-refractivity contribution in [2.75, 3.05) is 24.5 Å². The van der Waals surface area contributed by atoms with Gasteiger partial charge in [0.15, 0.2) is 0 Å². The summed E-state index contributed by atoms with van der Waals surface area (Å²) >= 11 is 0. The van der Waals surface area contributed by atoms with Crippen LogP contribution >= 0.6 is 0 Å². The number of anilines is 1. The normalized spacial score (nSPS) is 20.5. The number of aliphatic carboxylic acids is 1. The maximum Gasteiger partial charge on any atom is 0.317 e. The van der Waals surface area contributed by atoms with Crippen molar-refractivity contribution in [1.29, 1.82) is 0 Å². The molecule has 2 fully saturated rings. The van der Waals surface area contributed by atoms with Gasteiger partial charge in [0.25, 0.3) is 0 Å². The van der Waals surface area contributed by atoms with Crippen LogP contribution in [-0.2, 0) is 16.1 Å². The highest BCUT2D eigenvalue weighted by atomic mass is 16.4. The highest BCUT2D eigenvalue weighted by molar-refractivity contribution is 5.95. The SMILES string of the molecule is O=C(O)C1CCN(C(=O)NCc2ccc(N3CCCC3=O)cc2)C1. The molecule has 7 heteroatoms. The number of hydrogen-bond acceptors (Lipinski definition) is 3. The summed E-state index contributed by atoms with van der Waals surface area (Å²) in [5.74, 6) is -1.16. The lowest BCUT2D eigenvalue weighted by molar-refractivity contribution is -0.141. The molecule has 1 aromatic carbocycles. The topological polar surface area (TPSA) is 89.9 Å². The molecule has 3 rings (SSSR count). The van der Waals surface area contributed by atoms with Gasteiger partial charge in [0.2, 0.25) is 5.91 Å². The van der Waals surface area contributed by atoms with E-state index in [0.29, 0.717) is 25.9 Å². The first-order chi connectivity index (χ1) is 11.5. The van der Waals surface area contributed by atoms with Gasteiger partial charge in [-0.3, -0.25) is 9.59 Å². The van der Waals surface area contributed by atoms with Crippen molar-refractivity contribution in [3.05, 3.63) is 29.8 Å². The summed E-state index contributed by atoms with van der Waals surface area (Å²) in [6.45, 7) is 1.87. The van der Waals surface area contributed by atoms with Crippen molar-refractivity contribution in [2.24, 2.45) is 5.92 Å². The number of hydrogen-bond donors (Lipinski definition) is 2. The van der Waals surface area contributed by atoms with Gasteiger partial charge in [0.05, 0.1) is 5.92 Å². The molecule has 0 spiro atoms. The minimum absolute atomic E-state index is 0.151. The van der Waals surface area contributed by atoms with Gasteiger partial charge >= 0.3 is 12.0 Å². The third-order valence-electron chi connectivity index (χ3n) is 4.59. The molecule has 1 aromatic rings. The standard InChI is InChI=1S/C17H21N3O4/c21-15-2-1-8-20(15)14-5-3-12(4-6-14)10-18-17(24)19-9-7-13(11-19)16(22)23/h3-6,13H,1-2,7-11H2,(H,18,24)(H,22,23). The van der Waals surface area contributed by atoms with E-state index >= 15 is 0 Å². The Bertz CT molecular complexity index is 644. The quantitative estimate of drug-likeness (QED) is 0.873. The Balaban J connectivity index is 1.51. The molecular weight excluding hydrogens is 310 g/mol. The predicted octanol–water partition coefficient (Wildman–Crippen LogP) is 1.43. The molecule has 24 heavy (non-hydrogen) atoms. The van der Waals surface area contributed by atoms with Gasteiger partial charge in [-0.2, -0.15) is 0 Å². The fraction of sp³-hybridized carbons (Fsp3) is 0.471. The largest absolute Gasteiger partial charge is 0.481 e. The highest BCUT2D eigenvalue weighted by Crippen LogP contribution is 2.21. The fourth-order valence-corrected chi connectivity index (χ4v) is 3.15. The molecule has 3 amide bonds. The lowest BCUT2D eigenvalue weighted by atomic mass is 10.1. The predicted molar refractivity (Wildman–Crippen MR) is 87.6 cm³/mol. The van der Waals surface area contributed by atoms with E-state index in [1.807, 2.05) is 24.3 Å². The smallest absolute Gasteiger partial charge is 0.317 e. The van der Waals surface area contributed by atoms with E-state index in [1.54, 1.807) is 4.90 Å². The average molecular weight is 331 g/mol. The lowest BCUT2D eigenvalue weighted by Crippen LogP contribution is -2.38. The minimum Gasteiger partial charge on any atom is -0.481 e. The number of carboxylic acid groups (broad SMARTS) is 1.